The van der Waals surface area contributed by atoms with Gasteiger partial charge in [0.05, 0.1) is 6.61 Å². The number of primary amides is 1. The van der Waals surface area contributed by atoms with Gasteiger partial charge in [0.2, 0.25) is 5.91 Å². The van der Waals surface area contributed by atoms with Crippen molar-refractivity contribution in [2.24, 2.45) is 5.73 Å². The van der Waals surface area contributed by atoms with E-state index in [4.69, 9.17) is 28.9 Å². The Morgan fingerprint density at radius 1 is 1.44 bits per heavy atom. The van der Waals surface area contributed by atoms with Crippen LogP contribution in [0.15, 0.2) is 24.3 Å². The third kappa shape index (κ3) is 7.09. The van der Waals surface area contributed by atoms with Crippen molar-refractivity contribution in [3.05, 3.63) is 34.9 Å². The van der Waals surface area contributed by atoms with Crippen LogP contribution in [0.25, 0.3) is 0 Å². The minimum absolute atomic E-state index is 0.350. The first-order valence-electron chi connectivity index (χ1n) is 4.35. The smallest absolute Gasteiger partial charge is 0.403 e. The van der Waals surface area contributed by atoms with E-state index in [1.165, 1.54) is 6.07 Å². The number of hydrogen-bond acceptors (Lipinski definition) is 3. The lowest BCUT2D eigenvalue weighted by atomic mass is 10.2. The molecule has 0 spiro atoms. The Morgan fingerprint density at radius 3 is 2.31 bits per heavy atom. The SMILES string of the molecule is CCOC(=O)Cl.NC(=O)c1cccc(Cl)c1. The van der Waals surface area contributed by atoms with Gasteiger partial charge in [0, 0.05) is 22.2 Å². The molecule has 0 aliphatic heterocycles. The van der Waals surface area contributed by atoms with Gasteiger partial charge in [-0.05, 0) is 25.1 Å². The highest BCUT2D eigenvalue weighted by atomic mass is 35.5. The molecule has 1 amide bonds. The number of carbonyl (C=O) groups is 2. The summed E-state index contributed by atoms with van der Waals surface area (Å²) in [5, 5.41) is 0.524. The molecule has 1 aromatic carbocycles. The van der Waals surface area contributed by atoms with Crippen LogP contribution in [0.1, 0.15) is 17.3 Å². The van der Waals surface area contributed by atoms with E-state index in [1.54, 1.807) is 25.1 Å². The van der Waals surface area contributed by atoms with Gasteiger partial charge in [0.15, 0.2) is 0 Å². The zero-order valence-electron chi connectivity index (χ0n) is 8.57. The van der Waals surface area contributed by atoms with Gasteiger partial charge >= 0.3 is 5.43 Å². The van der Waals surface area contributed by atoms with Crippen molar-refractivity contribution in [3.8, 4) is 0 Å². The lowest BCUT2D eigenvalue weighted by Crippen LogP contribution is -2.10. The summed E-state index contributed by atoms with van der Waals surface area (Å²) in [6, 6.07) is 6.52. The van der Waals surface area contributed by atoms with Crippen LogP contribution in [-0.2, 0) is 4.74 Å². The van der Waals surface area contributed by atoms with Gasteiger partial charge in [-0.15, -0.1) is 0 Å². The zero-order valence-corrected chi connectivity index (χ0v) is 10.1. The first kappa shape index (κ1) is 14.7. The first-order valence-corrected chi connectivity index (χ1v) is 5.10. The van der Waals surface area contributed by atoms with E-state index in [0.717, 1.165) is 0 Å². The minimum Gasteiger partial charge on any atom is -0.454 e. The standard InChI is InChI=1S/C7H6ClNO.C3H5ClO2/c8-6-3-1-2-5(4-6)7(9)10;1-2-6-3(4)5/h1-4H,(H2,9,10);2H2,1H3. The van der Waals surface area contributed by atoms with E-state index in [-0.39, 0.29) is 0 Å². The highest BCUT2D eigenvalue weighted by molar-refractivity contribution is 6.61. The Balaban J connectivity index is 0.000000325. The molecule has 0 saturated carbocycles. The van der Waals surface area contributed by atoms with Crippen LogP contribution >= 0.6 is 23.2 Å². The molecule has 2 N–H and O–H groups in total. The van der Waals surface area contributed by atoms with Crippen LogP contribution in [0.5, 0.6) is 0 Å². The third-order valence-electron chi connectivity index (χ3n) is 1.37. The molecule has 0 unspecified atom stereocenters. The molecule has 0 radical (unpaired) electrons. The van der Waals surface area contributed by atoms with Crippen LogP contribution in [0.4, 0.5) is 4.79 Å². The summed E-state index contributed by atoms with van der Waals surface area (Å²) in [5.41, 5.74) is 4.68. The van der Waals surface area contributed by atoms with Gasteiger partial charge in [-0.3, -0.25) is 4.79 Å². The molecule has 1 rings (SSSR count). The molecule has 0 aliphatic rings. The van der Waals surface area contributed by atoms with Crippen molar-refractivity contribution in [3.63, 3.8) is 0 Å². The summed E-state index contributed by atoms with van der Waals surface area (Å²) in [5.74, 6) is -0.456. The molecule has 0 aliphatic carbocycles. The van der Waals surface area contributed by atoms with Gasteiger partial charge in [0.1, 0.15) is 0 Å². The monoisotopic (exact) mass is 263 g/mol. The number of rotatable bonds is 2. The Morgan fingerprint density at radius 2 is 2.06 bits per heavy atom. The maximum Gasteiger partial charge on any atom is 0.403 e. The van der Waals surface area contributed by atoms with Gasteiger partial charge in [0.25, 0.3) is 0 Å². The number of amides is 1. The third-order valence-corrected chi connectivity index (χ3v) is 1.71. The molecule has 0 bridgehead atoms. The van der Waals surface area contributed by atoms with E-state index < -0.39 is 11.3 Å². The molecule has 0 heterocycles. The fourth-order valence-corrected chi connectivity index (χ4v) is 1.05. The molecule has 4 nitrogen and oxygen atoms in total. The summed E-state index contributed by atoms with van der Waals surface area (Å²) in [4.78, 5) is 20.1. The predicted octanol–water partition coefficient (Wildman–Crippen LogP) is 2.82. The van der Waals surface area contributed by atoms with Crippen LogP contribution < -0.4 is 5.73 Å². The average Bonchev–Trinajstić information content (AvgIpc) is 2.18. The largest absolute Gasteiger partial charge is 0.454 e. The maximum absolute atomic E-state index is 10.5. The van der Waals surface area contributed by atoms with Gasteiger partial charge in [-0.25, -0.2) is 4.79 Å². The number of hydrogen-bond donors (Lipinski definition) is 1. The fraction of sp³-hybridized carbons (Fsp3) is 0.200. The Bertz CT molecular complexity index is 369. The Hall–Kier alpha value is -1.26. The average molecular weight is 264 g/mol. The second-order valence-corrected chi connectivity index (χ2v) is 3.29. The van der Waals surface area contributed by atoms with Crippen molar-refractivity contribution in [2.75, 3.05) is 6.61 Å². The molecule has 88 valence electrons. The van der Waals surface area contributed by atoms with Gasteiger partial charge < -0.3 is 10.5 Å². The van der Waals surface area contributed by atoms with Crippen molar-refractivity contribution in [1.29, 1.82) is 0 Å². The summed E-state index contributed by atoms with van der Waals surface area (Å²) in [6.07, 6.45) is 0. The summed E-state index contributed by atoms with van der Waals surface area (Å²) >= 11 is 10.3. The summed E-state index contributed by atoms with van der Waals surface area (Å²) in [6.45, 7) is 2.04. The summed E-state index contributed by atoms with van der Waals surface area (Å²) in [7, 11) is 0. The minimum atomic E-state index is -0.738. The molecule has 1 aromatic rings. The normalized spacial score (nSPS) is 8.69. The number of nitrogens with two attached hydrogens (primary N) is 1. The van der Waals surface area contributed by atoms with Crippen LogP contribution in [0.2, 0.25) is 5.02 Å². The number of benzene rings is 1. The predicted molar refractivity (Wildman–Crippen MR) is 62.8 cm³/mol. The maximum atomic E-state index is 10.5. The van der Waals surface area contributed by atoms with E-state index in [2.05, 4.69) is 4.74 Å². The zero-order chi connectivity index (χ0) is 12.6. The molecule has 0 atom stereocenters. The molecule has 16 heavy (non-hydrogen) atoms. The van der Waals surface area contributed by atoms with E-state index in [1.807, 2.05) is 0 Å². The Kier molecular flexibility index (Phi) is 7.33. The number of halogens is 2. The molecule has 0 aromatic heterocycles. The summed E-state index contributed by atoms with van der Waals surface area (Å²) < 4.78 is 4.17. The quantitative estimate of drug-likeness (QED) is 0.835. The van der Waals surface area contributed by atoms with Crippen molar-refractivity contribution >= 4 is 34.5 Å². The molecular formula is C10H11Cl2NO3. The lowest BCUT2D eigenvalue weighted by molar-refractivity contribution is 0.1000. The second-order valence-electron chi connectivity index (χ2n) is 2.55. The molecule has 0 fully saturated rings. The van der Waals surface area contributed by atoms with Crippen LogP contribution in [0, 0.1) is 0 Å². The number of carbonyl (C=O) groups excluding carboxylic acids is 2. The van der Waals surface area contributed by atoms with Crippen LogP contribution in [0.3, 0.4) is 0 Å². The topological polar surface area (TPSA) is 69.4 Å². The highest BCUT2D eigenvalue weighted by Crippen LogP contribution is 2.09. The van der Waals surface area contributed by atoms with E-state index in [9.17, 15) is 9.59 Å². The van der Waals surface area contributed by atoms with Crippen molar-refractivity contribution in [1.82, 2.24) is 0 Å². The van der Waals surface area contributed by atoms with Gasteiger partial charge in [-0.2, -0.15) is 0 Å². The van der Waals surface area contributed by atoms with E-state index in [0.29, 0.717) is 17.2 Å². The molecular weight excluding hydrogens is 253 g/mol. The van der Waals surface area contributed by atoms with Crippen LogP contribution in [-0.4, -0.2) is 17.9 Å². The van der Waals surface area contributed by atoms with Crippen molar-refractivity contribution in [2.45, 2.75) is 6.92 Å². The lowest BCUT2D eigenvalue weighted by Gasteiger charge is -1.93. The Labute approximate surface area is 103 Å². The second kappa shape index (κ2) is 7.96. The highest BCUT2D eigenvalue weighted by Gasteiger charge is 1.97. The van der Waals surface area contributed by atoms with Crippen molar-refractivity contribution < 1.29 is 14.3 Å². The first-order chi connectivity index (χ1) is 7.47. The number of ether oxygens (including phenoxy) is 1. The molecule has 6 heteroatoms. The molecule has 0 saturated heterocycles. The fourth-order valence-electron chi connectivity index (χ4n) is 0.755. The van der Waals surface area contributed by atoms with E-state index >= 15 is 0 Å². The van der Waals surface area contributed by atoms with Gasteiger partial charge in [-0.1, -0.05) is 17.7 Å².